The number of ether oxygens (including phenoxy) is 2. The lowest BCUT2D eigenvalue weighted by molar-refractivity contribution is -0.137. The molecule has 0 saturated carbocycles. The number of halogens is 3. The highest BCUT2D eigenvalue weighted by Gasteiger charge is 2.32. The van der Waals surface area contributed by atoms with Gasteiger partial charge >= 0.3 is 6.18 Å². The van der Waals surface area contributed by atoms with Crippen molar-refractivity contribution in [2.24, 2.45) is 0 Å². The largest absolute Gasteiger partial charge is 0.496 e. The summed E-state index contributed by atoms with van der Waals surface area (Å²) in [6.07, 6.45) is -0.831. The first-order valence-electron chi connectivity index (χ1n) is 7.00. The molecule has 0 N–H and O–H groups in total. The number of hydrogen-bond donors (Lipinski definition) is 0. The van der Waals surface area contributed by atoms with Gasteiger partial charge in [-0.3, -0.25) is 0 Å². The summed E-state index contributed by atoms with van der Waals surface area (Å²) in [5.74, 6) is 1.27. The van der Waals surface area contributed by atoms with Crippen LogP contribution in [-0.2, 0) is 12.6 Å². The van der Waals surface area contributed by atoms with E-state index in [0.717, 1.165) is 11.6 Å². The van der Waals surface area contributed by atoms with E-state index in [1.807, 2.05) is 0 Å². The summed E-state index contributed by atoms with van der Waals surface area (Å²) in [6, 6.07) is 10.8. The molecule has 0 bridgehead atoms. The second kappa shape index (κ2) is 7.22. The lowest BCUT2D eigenvalue weighted by Gasteiger charge is -2.12. The summed E-state index contributed by atoms with van der Waals surface area (Å²) < 4.78 is 49.4. The number of hydrogen-bond acceptors (Lipinski definition) is 2. The molecular formula is C18H17F3O2. The minimum absolute atomic E-state index is 0.133. The van der Waals surface area contributed by atoms with Gasteiger partial charge in [0.05, 0.1) is 19.8 Å². The van der Waals surface area contributed by atoms with Crippen LogP contribution in [0.4, 0.5) is 13.2 Å². The van der Waals surface area contributed by atoms with Gasteiger partial charge in [0.1, 0.15) is 11.5 Å². The van der Waals surface area contributed by atoms with E-state index < -0.39 is 11.7 Å². The highest BCUT2D eigenvalue weighted by Crippen LogP contribution is 2.33. The third-order valence-electron chi connectivity index (χ3n) is 3.42. The highest BCUT2D eigenvalue weighted by atomic mass is 19.4. The monoisotopic (exact) mass is 322 g/mol. The standard InChI is InChI=1S/C18H17F3O2/c1-22-16-11-6-12-17(23-2)14(16)9-5-8-13-7-3-4-10-15(13)18(19,20)21/h3-8,10-12H,9H2,1-2H3/b8-5+. The molecule has 0 aromatic heterocycles. The van der Waals surface area contributed by atoms with Gasteiger partial charge in [0.15, 0.2) is 0 Å². The van der Waals surface area contributed by atoms with Gasteiger partial charge < -0.3 is 9.47 Å². The molecule has 122 valence electrons. The quantitative estimate of drug-likeness (QED) is 0.773. The maximum Gasteiger partial charge on any atom is 0.416 e. The SMILES string of the molecule is COc1cccc(OC)c1C/C=C/c1ccccc1C(F)(F)F. The van der Waals surface area contributed by atoms with E-state index in [4.69, 9.17) is 9.47 Å². The van der Waals surface area contributed by atoms with Crippen LogP contribution in [0.25, 0.3) is 6.08 Å². The maximum atomic E-state index is 13.0. The third-order valence-corrected chi connectivity index (χ3v) is 3.42. The molecule has 2 aromatic carbocycles. The van der Waals surface area contributed by atoms with Crippen LogP contribution in [0.15, 0.2) is 48.5 Å². The minimum atomic E-state index is -4.37. The summed E-state index contributed by atoms with van der Waals surface area (Å²) in [7, 11) is 3.09. The lowest BCUT2D eigenvalue weighted by Crippen LogP contribution is -2.06. The van der Waals surface area contributed by atoms with Gasteiger partial charge in [0, 0.05) is 5.56 Å². The Bertz CT molecular complexity index is 669. The van der Waals surface area contributed by atoms with E-state index in [0.29, 0.717) is 17.9 Å². The van der Waals surface area contributed by atoms with Crippen molar-refractivity contribution in [2.45, 2.75) is 12.6 Å². The Morgan fingerprint density at radius 1 is 0.913 bits per heavy atom. The molecule has 0 saturated heterocycles. The molecule has 5 heteroatoms. The summed E-state index contributed by atoms with van der Waals surface area (Å²) in [4.78, 5) is 0. The average Bonchev–Trinajstić information content (AvgIpc) is 2.54. The molecule has 0 radical (unpaired) electrons. The maximum absolute atomic E-state index is 13.0. The molecule has 0 atom stereocenters. The molecule has 2 nitrogen and oxygen atoms in total. The smallest absolute Gasteiger partial charge is 0.416 e. The molecule has 0 heterocycles. The molecule has 0 spiro atoms. The predicted octanol–water partition coefficient (Wildman–Crippen LogP) is 4.98. The van der Waals surface area contributed by atoms with E-state index in [2.05, 4.69) is 0 Å². The van der Waals surface area contributed by atoms with Crippen molar-refractivity contribution < 1.29 is 22.6 Å². The summed E-state index contributed by atoms with van der Waals surface area (Å²) in [5, 5.41) is 0. The first kappa shape index (κ1) is 16.9. The molecule has 2 aromatic rings. The van der Waals surface area contributed by atoms with Crippen molar-refractivity contribution in [1.29, 1.82) is 0 Å². The molecular weight excluding hydrogens is 305 g/mol. The summed E-state index contributed by atoms with van der Waals surface area (Å²) in [5.41, 5.74) is 0.273. The van der Waals surface area contributed by atoms with Crippen LogP contribution < -0.4 is 9.47 Å². The Kier molecular flexibility index (Phi) is 5.32. The molecule has 0 amide bonds. The molecule has 2 rings (SSSR count). The van der Waals surface area contributed by atoms with Gasteiger partial charge in [-0.2, -0.15) is 13.2 Å². The van der Waals surface area contributed by atoms with E-state index >= 15 is 0 Å². The van der Waals surface area contributed by atoms with Gasteiger partial charge in [-0.1, -0.05) is 36.4 Å². The second-order valence-corrected chi connectivity index (χ2v) is 4.83. The van der Waals surface area contributed by atoms with Gasteiger partial charge in [0.25, 0.3) is 0 Å². The van der Waals surface area contributed by atoms with E-state index in [1.54, 1.807) is 44.6 Å². The fourth-order valence-electron chi connectivity index (χ4n) is 2.33. The number of methoxy groups -OCH3 is 2. The van der Waals surface area contributed by atoms with Crippen LogP contribution in [0.2, 0.25) is 0 Å². The zero-order valence-corrected chi connectivity index (χ0v) is 12.9. The zero-order chi connectivity index (χ0) is 16.9. The Labute approximate surface area is 133 Å². The molecule has 0 aliphatic rings. The van der Waals surface area contributed by atoms with Crippen molar-refractivity contribution >= 4 is 6.08 Å². The molecule has 0 aliphatic heterocycles. The average molecular weight is 322 g/mol. The molecule has 0 fully saturated rings. The predicted molar refractivity (Wildman–Crippen MR) is 83.7 cm³/mol. The Morgan fingerprint density at radius 3 is 2.09 bits per heavy atom. The van der Waals surface area contributed by atoms with Crippen LogP contribution >= 0.6 is 0 Å². The van der Waals surface area contributed by atoms with Crippen molar-refractivity contribution in [2.75, 3.05) is 14.2 Å². The van der Waals surface area contributed by atoms with Gasteiger partial charge in [-0.05, 0) is 30.2 Å². The summed E-state index contributed by atoms with van der Waals surface area (Å²) >= 11 is 0. The van der Waals surface area contributed by atoms with E-state index in [9.17, 15) is 13.2 Å². The van der Waals surface area contributed by atoms with Crippen molar-refractivity contribution in [1.82, 2.24) is 0 Å². The fraction of sp³-hybridized carbons (Fsp3) is 0.222. The van der Waals surface area contributed by atoms with E-state index in [-0.39, 0.29) is 5.56 Å². The molecule has 0 aliphatic carbocycles. The van der Waals surface area contributed by atoms with Gasteiger partial charge in [-0.25, -0.2) is 0 Å². The minimum Gasteiger partial charge on any atom is -0.496 e. The number of rotatable bonds is 5. The number of allylic oxidation sites excluding steroid dienone is 1. The molecule has 0 unspecified atom stereocenters. The lowest BCUT2D eigenvalue weighted by atomic mass is 10.0. The Hall–Kier alpha value is -2.43. The number of benzene rings is 2. The van der Waals surface area contributed by atoms with Crippen molar-refractivity contribution in [3.05, 3.63) is 65.2 Å². The van der Waals surface area contributed by atoms with Gasteiger partial charge in [0.2, 0.25) is 0 Å². The Balaban J connectivity index is 2.27. The normalized spacial score (nSPS) is 11.7. The van der Waals surface area contributed by atoms with Crippen molar-refractivity contribution in [3.8, 4) is 11.5 Å². The van der Waals surface area contributed by atoms with Crippen LogP contribution in [0, 0.1) is 0 Å². The first-order valence-corrected chi connectivity index (χ1v) is 7.00. The van der Waals surface area contributed by atoms with E-state index in [1.165, 1.54) is 18.2 Å². The third kappa shape index (κ3) is 4.06. The zero-order valence-electron chi connectivity index (χ0n) is 12.9. The van der Waals surface area contributed by atoms with Crippen LogP contribution in [0.1, 0.15) is 16.7 Å². The highest BCUT2D eigenvalue weighted by molar-refractivity contribution is 5.56. The van der Waals surface area contributed by atoms with Crippen LogP contribution in [0.3, 0.4) is 0 Å². The van der Waals surface area contributed by atoms with Gasteiger partial charge in [-0.15, -0.1) is 0 Å². The van der Waals surface area contributed by atoms with Crippen molar-refractivity contribution in [3.63, 3.8) is 0 Å². The van der Waals surface area contributed by atoms with Crippen LogP contribution in [-0.4, -0.2) is 14.2 Å². The Morgan fingerprint density at radius 2 is 1.52 bits per heavy atom. The second-order valence-electron chi connectivity index (χ2n) is 4.83. The topological polar surface area (TPSA) is 18.5 Å². The molecule has 23 heavy (non-hydrogen) atoms. The van der Waals surface area contributed by atoms with Crippen LogP contribution in [0.5, 0.6) is 11.5 Å². The first-order chi connectivity index (χ1) is 11.0. The summed E-state index contributed by atoms with van der Waals surface area (Å²) in [6.45, 7) is 0. The fourth-order valence-corrected chi connectivity index (χ4v) is 2.33. The number of alkyl halides is 3.